The van der Waals surface area contributed by atoms with Gasteiger partial charge in [-0.1, -0.05) is 0 Å². The molecule has 0 aliphatic rings. The molecule has 0 saturated carbocycles. The van der Waals surface area contributed by atoms with Crippen molar-refractivity contribution in [1.29, 1.82) is 0 Å². The highest BCUT2D eigenvalue weighted by Crippen LogP contribution is 2.26. The molecule has 2 N–H and O–H groups in total. The molecule has 0 spiro atoms. The lowest BCUT2D eigenvalue weighted by Gasteiger charge is -2.06. The largest absolute Gasteiger partial charge is 0.478 e. The number of nitrogens with one attached hydrogen (secondary N) is 1. The van der Waals surface area contributed by atoms with E-state index in [0.717, 1.165) is 6.07 Å². The lowest BCUT2D eigenvalue weighted by atomic mass is 10.1. The van der Waals surface area contributed by atoms with Crippen LogP contribution in [-0.4, -0.2) is 31.7 Å². The summed E-state index contributed by atoms with van der Waals surface area (Å²) in [6.45, 7) is 0. The maximum absolute atomic E-state index is 12.0. The topological polar surface area (TPSA) is 127 Å². The van der Waals surface area contributed by atoms with Crippen molar-refractivity contribution in [1.82, 2.24) is 9.78 Å². The molecule has 2 aromatic rings. The van der Waals surface area contributed by atoms with Crippen molar-refractivity contribution < 1.29 is 19.6 Å². The van der Waals surface area contributed by atoms with E-state index in [1.165, 1.54) is 29.1 Å². The maximum atomic E-state index is 12.0. The Morgan fingerprint density at radius 1 is 1.38 bits per heavy atom. The molecule has 9 nitrogen and oxygen atoms in total. The second kappa shape index (κ2) is 5.41. The summed E-state index contributed by atoms with van der Waals surface area (Å²) in [5.41, 5.74) is -0.603. The van der Waals surface area contributed by atoms with E-state index in [-0.39, 0.29) is 16.9 Å². The van der Waals surface area contributed by atoms with Gasteiger partial charge in [-0.3, -0.25) is 19.6 Å². The van der Waals surface area contributed by atoms with Crippen LogP contribution in [-0.2, 0) is 7.05 Å². The van der Waals surface area contributed by atoms with Crippen LogP contribution in [0.1, 0.15) is 20.8 Å². The molecule has 1 amide bonds. The van der Waals surface area contributed by atoms with Gasteiger partial charge in [0, 0.05) is 19.3 Å². The highest BCUT2D eigenvalue weighted by Gasteiger charge is 2.20. The Morgan fingerprint density at radius 3 is 2.62 bits per heavy atom. The van der Waals surface area contributed by atoms with Gasteiger partial charge >= 0.3 is 5.97 Å². The highest BCUT2D eigenvalue weighted by atomic mass is 16.6. The Balaban J connectivity index is 2.36. The second-order valence-corrected chi connectivity index (χ2v) is 4.09. The Morgan fingerprint density at radius 2 is 2.10 bits per heavy atom. The predicted octanol–water partition coefficient (Wildman–Crippen LogP) is 1.28. The second-order valence-electron chi connectivity index (χ2n) is 4.09. The monoisotopic (exact) mass is 290 g/mol. The van der Waals surface area contributed by atoms with Crippen LogP contribution in [0.2, 0.25) is 0 Å². The van der Waals surface area contributed by atoms with Gasteiger partial charge < -0.3 is 10.4 Å². The van der Waals surface area contributed by atoms with Crippen LogP contribution in [0, 0.1) is 10.1 Å². The van der Waals surface area contributed by atoms with Crippen LogP contribution in [0.25, 0.3) is 0 Å². The fraction of sp³-hybridized carbons (Fsp3) is 0.0833. The number of aromatic nitrogens is 2. The van der Waals surface area contributed by atoms with Crippen LogP contribution in [0.4, 0.5) is 11.4 Å². The van der Waals surface area contributed by atoms with Crippen molar-refractivity contribution in [2.24, 2.45) is 7.05 Å². The first-order chi connectivity index (χ1) is 9.90. The molecule has 108 valence electrons. The van der Waals surface area contributed by atoms with Crippen molar-refractivity contribution in [3.63, 3.8) is 0 Å². The van der Waals surface area contributed by atoms with E-state index in [0.29, 0.717) is 0 Å². The summed E-state index contributed by atoms with van der Waals surface area (Å²) in [4.78, 5) is 33.0. The molecule has 0 atom stereocenters. The number of hydrogen-bond acceptors (Lipinski definition) is 5. The van der Waals surface area contributed by atoms with Gasteiger partial charge in [0.15, 0.2) is 0 Å². The zero-order chi connectivity index (χ0) is 15.6. The van der Waals surface area contributed by atoms with Crippen molar-refractivity contribution >= 4 is 23.3 Å². The molecule has 0 bridgehead atoms. The first kappa shape index (κ1) is 14.2. The summed E-state index contributed by atoms with van der Waals surface area (Å²) in [6.07, 6.45) is 1.41. The summed E-state index contributed by atoms with van der Waals surface area (Å²) in [7, 11) is 1.55. The van der Waals surface area contributed by atoms with Crippen molar-refractivity contribution in [3.8, 4) is 0 Å². The van der Waals surface area contributed by atoms with E-state index >= 15 is 0 Å². The van der Waals surface area contributed by atoms with Crippen molar-refractivity contribution in [2.45, 2.75) is 0 Å². The molecular weight excluding hydrogens is 280 g/mol. The molecule has 0 aliphatic carbocycles. The summed E-state index contributed by atoms with van der Waals surface area (Å²) in [5.74, 6) is -1.87. The number of carboxylic acid groups (broad SMARTS) is 1. The minimum Gasteiger partial charge on any atom is -0.478 e. The Hall–Kier alpha value is -3.23. The third-order valence-electron chi connectivity index (χ3n) is 2.74. The van der Waals surface area contributed by atoms with E-state index in [1.54, 1.807) is 7.05 Å². The van der Waals surface area contributed by atoms with Gasteiger partial charge in [0.05, 0.1) is 10.5 Å². The first-order valence-electron chi connectivity index (χ1n) is 5.71. The van der Waals surface area contributed by atoms with Crippen LogP contribution in [0.5, 0.6) is 0 Å². The molecule has 2 rings (SSSR count). The average molecular weight is 290 g/mol. The molecule has 21 heavy (non-hydrogen) atoms. The zero-order valence-electron chi connectivity index (χ0n) is 10.8. The Labute approximate surface area is 118 Å². The minimum absolute atomic E-state index is 0.0869. The predicted molar refractivity (Wildman–Crippen MR) is 71.2 cm³/mol. The number of nitrogens with zero attached hydrogens (tertiary/aromatic N) is 3. The van der Waals surface area contributed by atoms with E-state index in [4.69, 9.17) is 5.11 Å². The standard InChI is InChI=1S/C12H10N4O5/c1-15-9(4-5-13-15)11(17)14-8-3-2-7(12(18)19)6-10(8)16(20)21/h2-6H,1H3,(H,14,17)(H,18,19). The third kappa shape index (κ3) is 2.86. The Bertz CT molecular complexity index is 737. The van der Waals surface area contributed by atoms with Crippen molar-refractivity contribution in [3.05, 3.63) is 51.8 Å². The number of anilines is 1. The number of hydrogen-bond donors (Lipinski definition) is 2. The number of nitro benzene ring substituents is 1. The van der Waals surface area contributed by atoms with E-state index < -0.39 is 22.5 Å². The smallest absolute Gasteiger partial charge is 0.335 e. The van der Waals surface area contributed by atoms with Gasteiger partial charge in [0.2, 0.25) is 0 Å². The molecule has 0 aliphatic heterocycles. The number of carboxylic acids is 1. The van der Waals surface area contributed by atoms with Crippen molar-refractivity contribution in [2.75, 3.05) is 5.32 Å². The minimum atomic E-state index is -1.29. The molecule has 0 radical (unpaired) electrons. The van der Waals surface area contributed by atoms with Gasteiger partial charge in [-0.25, -0.2) is 4.79 Å². The number of rotatable bonds is 4. The quantitative estimate of drug-likeness (QED) is 0.644. The summed E-state index contributed by atoms with van der Waals surface area (Å²) < 4.78 is 1.31. The van der Waals surface area contributed by atoms with Gasteiger partial charge in [0.1, 0.15) is 11.4 Å². The van der Waals surface area contributed by atoms with Crippen LogP contribution in [0.15, 0.2) is 30.5 Å². The van der Waals surface area contributed by atoms with E-state index in [2.05, 4.69) is 10.4 Å². The Kier molecular flexibility index (Phi) is 3.65. The molecule has 1 aromatic heterocycles. The average Bonchev–Trinajstić information content (AvgIpc) is 2.85. The third-order valence-corrected chi connectivity index (χ3v) is 2.74. The van der Waals surface area contributed by atoms with Gasteiger partial charge in [-0.05, 0) is 18.2 Å². The number of benzene rings is 1. The van der Waals surface area contributed by atoms with Gasteiger partial charge in [-0.2, -0.15) is 5.10 Å². The number of carbonyl (C=O) groups is 2. The maximum Gasteiger partial charge on any atom is 0.335 e. The molecule has 0 saturated heterocycles. The summed E-state index contributed by atoms with van der Waals surface area (Å²) in [6, 6.07) is 4.69. The number of amides is 1. The summed E-state index contributed by atoms with van der Waals surface area (Å²) in [5, 5.41) is 26.0. The number of aryl methyl sites for hydroxylation is 1. The lowest BCUT2D eigenvalue weighted by Crippen LogP contribution is -2.17. The highest BCUT2D eigenvalue weighted by molar-refractivity contribution is 6.04. The molecule has 0 unspecified atom stereocenters. The number of nitro groups is 1. The molecule has 1 aromatic carbocycles. The molecule has 9 heteroatoms. The van der Waals surface area contributed by atoms with E-state index in [1.807, 2.05) is 0 Å². The SMILES string of the molecule is Cn1nccc1C(=O)Nc1ccc(C(=O)O)cc1[N+](=O)[O-]. The normalized spacial score (nSPS) is 10.1. The van der Waals surface area contributed by atoms with Gasteiger partial charge in [-0.15, -0.1) is 0 Å². The first-order valence-corrected chi connectivity index (χ1v) is 5.71. The van der Waals surface area contributed by atoms with Crippen LogP contribution >= 0.6 is 0 Å². The number of aromatic carboxylic acids is 1. The molecule has 1 heterocycles. The van der Waals surface area contributed by atoms with E-state index in [9.17, 15) is 19.7 Å². The fourth-order valence-corrected chi connectivity index (χ4v) is 1.70. The molecule has 0 fully saturated rings. The lowest BCUT2D eigenvalue weighted by molar-refractivity contribution is -0.383. The fourth-order valence-electron chi connectivity index (χ4n) is 1.70. The molecular formula is C12H10N4O5. The number of carbonyl (C=O) groups excluding carboxylic acids is 1. The van der Waals surface area contributed by atoms with Crippen LogP contribution < -0.4 is 5.32 Å². The van der Waals surface area contributed by atoms with Gasteiger partial charge in [0.25, 0.3) is 11.6 Å². The van der Waals surface area contributed by atoms with Crippen LogP contribution in [0.3, 0.4) is 0 Å². The zero-order valence-corrected chi connectivity index (χ0v) is 10.8. The summed E-state index contributed by atoms with van der Waals surface area (Å²) >= 11 is 0.